The van der Waals surface area contributed by atoms with Crippen LogP contribution < -0.4 is 10.1 Å². The van der Waals surface area contributed by atoms with Crippen molar-refractivity contribution in [3.63, 3.8) is 0 Å². The van der Waals surface area contributed by atoms with Crippen LogP contribution in [0.1, 0.15) is 11.1 Å². The molecule has 2 bridgehead atoms. The molecule has 1 saturated heterocycles. The Balaban J connectivity index is 1.50. The molecule has 3 aromatic rings. The number of aliphatic hydroxyl groups excluding tert-OH is 1. The van der Waals surface area contributed by atoms with Crippen molar-refractivity contribution >= 4 is 11.6 Å². The van der Waals surface area contributed by atoms with Crippen molar-refractivity contribution in [2.24, 2.45) is 5.92 Å². The maximum absolute atomic E-state index is 14.0. The number of hydrogen-bond donors (Lipinski definition) is 2. The van der Waals surface area contributed by atoms with Crippen molar-refractivity contribution in [3.05, 3.63) is 108 Å². The second-order valence-electron chi connectivity index (χ2n) is 9.37. The number of fused-ring (bicyclic) bond motifs is 2. The first-order chi connectivity index (χ1) is 17.7. The highest BCUT2D eigenvalue weighted by atomic mass is 16.5. The second-order valence-corrected chi connectivity index (χ2v) is 9.37. The highest BCUT2D eigenvalue weighted by Gasteiger charge is 2.50. The molecule has 0 unspecified atom stereocenters. The molecule has 2 heterocycles. The van der Waals surface area contributed by atoms with Crippen LogP contribution in [0.5, 0.6) is 5.75 Å². The fraction of sp³-hybridized carbons (Fsp3) is 0.300. The lowest BCUT2D eigenvalue weighted by Crippen LogP contribution is -2.55. The third-order valence-corrected chi connectivity index (χ3v) is 7.14. The van der Waals surface area contributed by atoms with Gasteiger partial charge in [0, 0.05) is 24.2 Å². The predicted molar refractivity (Wildman–Crippen MR) is 140 cm³/mol. The van der Waals surface area contributed by atoms with Crippen LogP contribution in [0.15, 0.2) is 97.1 Å². The Morgan fingerprint density at radius 3 is 2.22 bits per heavy atom. The van der Waals surface area contributed by atoms with E-state index in [2.05, 4.69) is 40.6 Å². The van der Waals surface area contributed by atoms with Gasteiger partial charge < -0.3 is 19.9 Å². The van der Waals surface area contributed by atoms with Crippen molar-refractivity contribution in [2.45, 2.75) is 37.3 Å². The van der Waals surface area contributed by atoms with Crippen molar-refractivity contribution in [1.82, 2.24) is 4.90 Å². The van der Waals surface area contributed by atoms with Gasteiger partial charge in [0.05, 0.1) is 32.0 Å². The van der Waals surface area contributed by atoms with Gasteiger partial charge in [-0.2, -0.15) is 0 Å². The van der Waals surface area contributed by atoms with E-state index in [1.165, 1.54) is 0 Å². The summed E-state index contributed by atoms with van der Waals surface area (Å²) in [4.78, 5) is 16.2. The van der Waals surface area contributed by atoms with E-state index in [0.29, 0.717) is 18.7 Å². The highest BCUT2D eigenvalue weighted by Crippen LogP contribution is 2.39. The van der Waals surface area contributed by atoms with Gasteiger partial charge in [-0.15, -0.1) is 0 Å². The summed E-state index contributed by atoms with van der Waals surface area (Å²) >= 11 is 0. The number of carbonyl (C=O) groups excluding carboxylic acids is 1. The third-order valence-electron chi connectivity index (χ3n) is 7.14. The minimum atomic E-state index is -0.481. The first-order valence-corrected chi connectivity index (χ1v) is 12.4. The summed E-state index contributed by atoms with van der Waals surface area (Å²) in [7, 11) is 1.62. The largest absolute Gasteiger partial charge is 0.497 e. The molecular weight excluding hydrogens is 452 g/mol. The molecule has 3 aromatic carbocycles. The normalized spacial score (nSPS) is 23.1. The number of ether oxygens (including phenoxy) is 2. The van der Waals surface area contributed by atoms with Crippen molar-refractivity contribution in [3.8, 4) is 5.75 Å². The molecule has 36 heavy (non-hydrogen) atoms. The zero-order valence-corrected chi connectivity index (χ0v) is 20.4. The van der Waals surface area contributed by atoms with Gasteiger partial charge in [-0.25, -0.2) is 0 Å². The van der Waals surface area contributed by atoms with Gasteiger partial charge in [0.15, 0.2) is 0 Å². The molecule has 6 heteroatoms. The lowest BCUT2D eigenvalue weighted by Gasteiger charge is -2.40. The van der Waals surface area contributed by atoms with Crippen molar-refractivity contribution in [2.75, 3.05) is 19.0 Å². The van der Waals surface area contributed by atoms with Crippen LogP contribution in [0.2, 0.25) is 0 Å². The number of hydrogen-bond acceptors (Lipinski definition) is 5. The van der Waals surface area contributed by atoms with E-state index < -0.39 is 6.04 Å². The zero-order valence-electron chi connectivity index (χ0n) is 20.4. The van der Waals surface area contributed by atoms with Gasteiger partial charge in [0.1, 0.15) is 5.75 Å². The maximum atomic E-state index is 14.0. The first kappa shape index (κ1) is 24.3. The highest BCUT2D eigenvalue weighted by molar-refractivity contribution is 5.95. The maximum Gasteiger partial charge on any atom is 0.242 e. The van der Waals surface area contributed by atoms with Crippen LogP contribution >= 0.6 is 0 Å². The van der Waals surface area contributed by atoms with Crippen LogP contribution in [0.25, 0.3) is 0 Å². The van der Waals surface area contributed by atoms with Crippen LogP contribution in [-0.2, 0) is 22.5 Å². The van der Waals surface area contributed by atoms with E-state index in [1.807, 2.05) is 66.7 Å². The van der Waals surface area contributed by atoms with E-state index in [0.717, 1.165) is 16.9 Å². The van der Waals surface area contributed by atoms with Gasteiger partial charge in [0.25, 0.3) is 0 Å². The topological polar surface area (TPSA) is 71.0 Å². The molecule has 2 aliphatic heterocycles. The molecule has 0 radical (unpaired) electrons. The van der Waals surface area contributed by atoms with E-state index >= 15 is 0 Å². The summed E-state index contributed by atoms with van der Waals surface area (Å²) in [5.41, 5.74) is 2.89. The molecule has 5 atom stereocenters. The van der Waals surface area contributed by atoms with Crippen molar-refractivity contribution < 1.29 is 19.4 Å². The fourth-order valence-corrected chi connectivity index (χ4v) is 5.33. The number of carbonyl (C=O) groups is 1. The van der Waals surface area contributed by atoms with Crippen LogP contribution in [0.4, 0.5) is 5.69 Å². The van der Waals surface area contributed by atoms with E-state index in [4.69, 9.17) is 9.47 Å². The Morgan fingerprint density at radius 2 is 1.58 bits per heavy atom. The standard InChI is InChI=1S/C30H32N2O4/c1-35-24-14-12-23(13-15-24)31-30(34)26(18-21-8-4-2-5-9-21)32(19-22-10-6-3-7-11-22)29-25(20-33)27-16-17-28(29)36-27/h2-17,25-29,33H,18-20H2,1H3,(H,31,34)/t25-,26-,27+,28-,29+/m1/s1. The third kappa shape index (κ3) is 5.21. The average Bonchev–Trinajstić information content (AvgIpc) is 3.54. The first-order valence-electron chi connectivity index (χ1n) is 12.4. The van der Waals surface area contributed by atoms with Crippen LogP contribution in [0.3, 0.4) is 0 Å². The number of benzene rings is 3. The molecule has 0 aliphatic carbocycles. The molecule has 0 aromatic heterocycles. The Hall–Kier alpha value is -3.45. The van der Waals surface area contributed by atoms with Crippen LogP contribution in [-0.4, -0.2) is 53.9 Å². The summed E-state index contributed by atoms with van der Waals surface area (Å²) in [5.74, 6) is 0.537. The quantitative estimate of drug-likeness (QED) is 0.425. The number of methoxy groups -OCH3 is 1. The van der Waals surface area contributed by atoms with E-state index in [9.17, 15) is 9.90 Å². The van der Waals surface area contributed by atoms with E-state index in [-0.39, 0.29) is 36.7 Å². The van der Waals surface area contributed by atoms with Gasteiger partial charge in [-0.05, 0) is 41.8 Å². The summed E-state index contributed by atoms with van der Waals surface area (Å²) in [6.45, 7) is 0.565. The number of amides is 1. The SMILES string of the molecule is COc1ccc(NC(=O)[C@@H](Cc2ccccc2)N(Cc2ccccc2)[C@H]2[C@H](CO)[C@@H]3C=C[C@H]2O3)cc1. The number of anilines is 1. The Bertz CT molecular complexity index is 1170. The lowest BCUT2D eigenvalue weighted by molar-refractivity contribution is -0.123. The molecule has 1 fully saturated rings. The summed E-state index contributed by atoms with van der Waals surface area (Å²) in [6, 6.07) is 27.0. The lowest BCUT2D eigenvalue weighted by atomic mass is 9.86. The Morgan fingerprint density at radius 1 is 0.944 bits per heavy atom. The van der Waals surface area contributed by atoms with E-state index in [1.54, 1.807) is 7.11 Å². The van der Waals surface area contributed by atoms with Gasteiger partial charge >= 0.3 is 0 Å². The van der Waals surface area contributed by atoms with Gasteiger partial charge in [-0.3, -0.25) is 9.69 Å². The number of nitrogens with zero attached hydrogens (tertiary/aromatic N) is 1. The van der Waals surface area contributed by atoms with Gasteiger partial charge in [-0.1, -0.05) is 72.8 Å². The second kappa shape index (κ2) is 11.1. The number of rotatable bonds is 10. The molecule has 2 aliphatic rings. The molecule has 186 valence electrons. The van der Waals surface area contributed by atoms with Gasteiger partial charge in [0.2, 0.25) is 5.91 Å². The Kier molecular flexibility index (Phi) is 7.47. The summed E-state index contributed by atoms with van der Waals surface area (Å²) < 4.78 is 11.4. The number of aliphatic hydroxyl groups is 1. The average molecular weight is 485 g/mol. The summed E-state index contributed by atoms with van der Waals surface area (Å²) in [6.07, 6.45) is 4.34. The smallest absolute Gasteiger partial charge is 0.242 e. The minimum Gasteiger partial charge on any atom is -0.497 e. The summed E-state index contributed by atoms with van der Waals surface area (Å²) in [5, 5.41) is 13.4. The minimum absolute atomic E-state index is 0.000378. The monoisotopic (exact) mass is 484 g/mol. The Labute approximate surface area is 212 Å². The molecular formula is C30H32N2O4. The van der Waals surface area contributed by atoms with Crippen molar-refractivity contribution in [1.29, 1.82) is 0 Å². The fourth-order valence-electron chi connectivity index (χ4n) is 5.33. The molecule has 0 spiro atoms. The van der Waals surface area contributed by atoms with Crippen LogP contribution in [0, 0.1) is 5.92 Å². The number of nitrogens with one attached hydrogen (secondary N) is 1. The molecule has 0 saturated carbocycles. The molecule has 5 rings (SSSR count). The molecule has 1 amide bonds. The molecule has 6 nitrogen and oxygen atoms in total. The molecule has 2 N–H and O–H groups in total. The zero-order chi connectivity index (χ0) is 24.9. The predicted octanol–water partition coefficient (Wildman–Crippen LogP) is 4.06.